The lowest BCUT2D eigenvalue weighted by Crippen LogP contribution is -2.08. The zero-order valence-corrected chi connectivity index (χ0v) is 42.0. The maximum atomic E-state index is 12.7. The van der Waals surface area contributed by atoms with E-state index < -0.39 is 45.9 Å². The Bertz CT molecular complexity index is 4160. The number of rotatable bonds is 18. The van der Waals surface area contributed by atoms with E-state index in [-0.39, 0.29) is 76.4 Å². The fourth-order valence-corrected chi connectivity index (χ4v) is 9.75. The first kappa shape index (κ1) is 51.5. The van der Waals surface area contributed by atoms with Crippen LogP contribution in [0.2, 0.25) is 0 Å². The molecule has 20 nitrogen and oxygen atoms in total. The van der Waals surface area contributed by atoms with E-state index >= 15 is 0 Å². The number of benzene rings is 9. The molecule has 0 aliphatic heterocycles. The minimum absolute atomic E-state index is 0.0301. The molecule has 75 heavy (non-hydrogen) atoms. The van der Waals surface area contributed by atoms with Crippen LogP contribution in [-0.4, -0.2) is 70.1 Å². The topological polar surface area (TPSA) is 297 Å². The fourth-order valence-electron chi connectivity index (χ4n) is 8.12. The maximum Gasteiger partial charge on any atom is 0.296 e. The maximum absolute atomic E-state index is 12.7. The van der Waals surface area contributed by atoms with Crippen molar-refractivity contribution in [3.05, 3.63) is 146 Å². The molecule has 0 aliphatic carbocycles. The van der Waals surface area contributed by atoms with Crippen molar-refractivity contribution in [2.24, 2.45) is 30.7 Å². The SMILES string of the molecule is CCOc1cc(N=Nc2cc3c(OCCCS(=O)(=O)O)cccc3cc2S(=O)(=O)O)c2ccccc2c1N=Nc1ccc(N=Nc2ccc3cc(Nc4ccc(OC)cc4)ccc3c2O)c2cc(S(=O)(=O)O)ccc12. The molecule has 0 radical (unpaired) electrons. The van der Waals surface area contributed by atoms with Crippen molar-refractivity contribution < 1.29 is 58.2 Å². The highest BCUT2D eigenvalue weighted by atomic mass is 32.2. The molecule has 9 aromatic rings. The summed E-state index contributed by atoms with van der Waals surface area (Å²) in [6.45, 7) is 1.82. The van der Waals surface area contributed by atoms with Gasteiger partial charge >= 0.3 is 0 Å². The van der Waals surface area contributed by atoms with Gasteiger partial charge < -0.3 is 24.6 Å². The first-order chi connectivity index (χ1) is 35.9. The smallest absolute Gasteiger partial charge is 0.296 e. The van der Waals surface area contributed by atoms with Gasteiger partial charge in [-0.05, 0) is 115 Å². The Morgan fingerprint density at radius 3 is 1.87 bits per heavy atom. The van der Waals surface area contributed by atoms with Crippen LogP contribution >= 0.6 is 0 Å². The first-order valence-corrected chi connectivity index (χ1v) is 27.1. The zero-order chi connectivity index (χ0) is 53.1. The molecule has 23 heteroatoms. The molecule has 0 saturated carbocycles. The van der Waals surface area contributed by atoms with Gasteiger partial charge in [0, 0.05) is 49.8 Å². The van der Waals surface area contributed by atoms with Crippen LogP contribution in [0.5, 0.6) is 23.0 Å². The summed E-state index contributed by atoms with van der Waals surface area (Å²) < 4.78 is 119. The molecule has 5 N–H and O–H groups in total. The van der Waals surface area contributed by atoms with Crippen LogP contribution in [0.15, 0.2) is 186 Å². The number of phenolic OH excluding ortho intramolecular Hbond substituents is 1. The van der Waals surface area contributed by atoms with E-state index in [9.17, 15) is 39.5 Å². The minimum Gasteiger partial charge on any atom is -0.505 e. The van der Waals surface area contributed by atoms with Gasteiger partial charge in [-0.2, -0.15) is 25.3 Å². The molecule has 9 aromatic carbocycles. The zero-order valence-electron chi connectivity index (χ0n) is 39.6. The lowest BCUT2D eigenvalue weighted by Gasteiger charge is -2.12. The second-order valence-corrected chi connectivity index (χ2v) is 21.0. The van der Waals surface area contributed by atoms with E-state index in [1.807, 2.05) is 30.3 Å². The highest BCUT2D eigenvalue weighted by Gasteiger charge is 2.21. The van der Waals surface area contributed by atoms with Gasteiger partial charge in [-0.15, -0.1) is 30.7 Å². The summed E-state index contributed by atoms with van der Waals surface area (Å²) in [5.74, 6) is 0.499. The minimum atomic E-state index is -4.85. The predicted molar refractivity (Wildman–Crippen MR) is 284 cm³/mol. The Kier molecular flexibility index (Phi) is 14.5. The van der Waals surface area contributed by atoms with Crippen LogP contribution in [0, 0.1) is 0 Å². The van der Waals surface area contributed by atoms with Crippen LogP contribution in [-0.2, 0) is 30.4 Å². The summed E-state index contributed by atoms with van der Waals surface area (Å²) in [6.07, 6.45) is -0.0301. The number of aromatic hydroxyl groups is 1. The van der Waals surface area contributed by atoms with Crippen molar-refractivity contribution in [3.63, 3.8) is 0 Å². The van der Waals surface area contributed by atoms with Crippen molar-refractivity contribution in [1.82, 2.24) is 0 Å². The van der Waals surface area contributed by atoms with Gasteiger partial charge in [0.05, 0.1) is 48.0 Å². The molecule has 0 spiro atoms. The number of nitrogens with one attached hydrogen (secondary N) is 1. The van der Waals surface area contributed by atoms with Crippen LogP contribution in [0.1, 0.15) is 13.3 Å². The van der Waals surface area contributed by atoms with E-state index in [1.165, 1.54) is 42.5 Å². The predicted octanol–water partition coefficient (Wildman–Crippen LogP) is 13.6. The number of ether oxygens (including phenoxy) is 3. The number of fused-ring (bicyclic) bond motifs is 4. The van der Waals surface area contributed by atoms with Gasteiger partial charge in [-0.25, -0.2) is 0 Å². The average molecular weight is 1070 g/mol. The quantitative estimate of drug-likeness (QED) is 0.0303. The molecular weight excluding hydrogens is 1030 g/mol. The summed E-state index contributed by atoms with van der Waals surface area (Å²) in [6, 6.07) is 39.0. The van der Waals surface area contributed by atoms with Crippen molar-refractivity contribution in [1.29, 1.82) is 0 Å². The number of methoxy groups -OCH3 is 1. The lowest BCUT2D eigenvalue weighted by molar-refractivity contribution is 0.319. The van der Waals surface area contributed by atoms with E-state index in [1.54, 1.807) is 86.8 Å². The van der Waals surface area contributed by atoms with Gasteiger partial charge in [0.15, 0.2) is 5.75 Å². The third kappa shape index (κ3) is 11.7. The third-order valence-corrected chi connectivity index (χ3v) is 14.2. The normalized spacial score (nSPS) is 12.5. The van der Waals surface area contributed by atoms with Gasteiger partial charge in [0.1, 0.15) is 39.2 Å². The molecular formula is C52H43N7O13S3. The number of hydrogen-bond donors (Lipinski definition) is 5. The fraction of sp³-hybridized carbons (Fsp3) is 0.115. The summed E-state index contributed by atoms with van der Waals surface area (Å²) >= 11 is 0. The second kappa shape index (κ2) is 21.2. The second-order valence-electron chi connectivity index (χ2n) is 16.6. The molecule has 0 heterocycles. The molecule has 0 bridgehead atoms. The van der Waals surface area contributed by atoms with Gasteiger partial charge in [0.25, 0.3) is 30.4 Å². The molecule has 0 amide bonds. The third-order valence-electron chi connectivity index (χ3n) is 11.6. The molecule has 0 atom stereocenters. The number of hydrogen-bond acceptors (Lipinski definition) is 17. The molecule has 0 aromatic heterocycles. The average Bonchev–Trinajstić information content (AvgIpc) is 3.38. The van der Waals surface area contributed by atoms with Crippen LogP contribution in [0.4, 0.5) is 45.5 Å². The molecule has 0 unspecified atom stereocenters. The lowest BCUT2D eigenvalue weighted by atomic mass is 10.1. The Labute approximate surface area is 428 Å². The van der Waals surface area contributed by atoms with Gasteiger partial charge in [-0.1, -0.05) is 48.5 Å². The number of phenols is 1. The molecule has 382 valence electrons. The molecule has 0 aliphatic rings. The highest BCUT2D eigenvalue weighted by Crippen LogP contribution is 2.45. The molecule has 9 rings (SSSR count). The van der Waals surface area contributed by atoms with E-state index in [0.717, 1.165) is 22.5 Å². The van der Waals surface area contributed by atoms with Crippen LogP contribution < -0.4 is 19.5 Å². The summed E-state index contributed by atoms with van der Waals surface area (Å²) in [5, 5.41) is 44.8. The summed E-state index contributed by atoms with van der Waals surface area (Å²) in [4.78, 5) is -0.969. The Morgan fingerprint density at radius 1 is 0.507 bits per heavy atom. The van der Waals surface area contributed by atoms with Crippen molar-refractivity contribution in [2.75, 3.05) is 31.4 Å². The number of anilines is 2. The van der Waals surface area contributed by atoms with E-state index in [4.69, 9.17) is 18.8 Å². The van der Waals surface area contributed by atoms with Crippen molar-refractivity contribution >= 4 is 119 Å². The van der Waals surface area contributed by atoms with Gasteiger partial charge in [-0.3, -0.25) is 13.7 Å². The van der Waals surface area contributed by atoms with E-state index in [2.05, 4.69) is 36.0 Å². The number of azo groups is 3. The monoisotopic (exact) mass is 1070 g/mol. The summed E-state index contributed by atoms with van der Waals surface area (Å²) in [5.41, 5.74) is 2.39. The van der Waals surface area contributed by atoms with E-state index in [0.29, 0.717) is 32.3 Å². The van der Waals surface area contributed by atoms with Gasteiger partial charge in [0.2, 0.25) is 0 Å². The Morgan fingerprint density at radius 2 is 1.15 bits per heavy atom. The summed E-state index contributed by atoms with van der Waals surface area (Å²) in [7, 11) is -12.2. The molecule has 0 fully saturated rings. The Balaban J connectivity index is 1.06. The Hall–Kier alpha value is -8.45. The van der Waals surface area contributed by atoms with Crippen LogP contribution in [0.3, 0.4) is 0 Å². The van der Waals surface area contributed by atoms with Crippen LogP contribution in [0.25, 0.3) is 43.1 Å². The molecule has 0 saturated heterocycles. The van der Waals surface area contributed by atoms with Crippen molar-refractivity contribution in [2.45, 2.75) is 23.1 Å². The standard InChI is InChI=1S/C52H43N7O13S3/c1-3-71-49-30-46(57-58-47-29-41-31(27-50(47)75(67,68)69)8-6-11-48(41)72-24-7-25-73(61,62)63)38-9-4-5-10-40(38)51(49)59-55-43-22-23-44(42-28-36(74(64,65)66)18-20-39(42)43)54-56-45-21-12-32-26-34(15-19-37(32)52(45)60)53-33-13-16-35(70-2)17-14-33/h4-6,8-23,26-30,53,60H,3,7,24-25H2,1-2H3,(H,61,62,63)(H,64,65,66)(H,67,68,69). The highest BCUT2D eigenvalue weighted by molar-refractivity contribution is 7.86. The number of nitrogens with zero attached hydrogens (tertiary/aromatic N) is 6. The largest absolute Gasteiger partial charge is 0.505 e. The first-order valence-electron chi connectivity index (χ1n) is 22.6. The van der Waals surface area contributed by atoms with Crippen molar-refractivity contribution in [3.8, 4) is 23.0 Å².